The number of carbonyl (C=O) groups excluding carboxylic acids is 2. The number of methoxy groups -OCH3 is 1. The van der Waals surface area contributed by atoms with Crippen molar-refractivity contribution in [2.24, 2.45) is 5.92 Å². The summed E-state index contributed by atoms with van der Waals surface area (Å²) in [5, 5.41) is 0. The van der Waals surface area contributed by atoms with Gasteiger partial charge in [0, 0.05) is 19.2 Å². The van der Waals surface area contributed by atoms with Gasteiger partial charge < -0.3 is 9.64 Å². The van der Waals surface area contributed by atoms with Crippen molar-refractivity contribution in [3.05, 3.63) is 41.5 Å². The van der Waals surface area contributed by atoms with Gasteiger partial charge in [-0.1, -0.05) is 24.3 Å². The molecule has 0 saturated carbocycles. The zero-order valence-corrected chi connectivity index (χ0v) is 12.5. The van der Waals surface area contributed by atoms with Gasteiger partial charge in [0.2, 0.25) is 5.91 Å². The highest BCUT2D eigenvalue weighted by atomic mass is 16.5. The molecule has 0 bridgehead atoms. The van der Waals surface area contributed by atoms with Gasteiger partial charge in [0.25, 0.3) is 0 Å². The van der Waals surface area contributed by atoms with Crippen molar-refractivity contribution in [3.63, 3.8) is 0 Å². The lowest BCUT2D eigenvalue weighted by molar-refractivity contribution is -0.148. The monoisotopic (exact) mass is 287 g/mol. The van der Waals surface area contributed by atoms with E-state index < -0.39 is 0 Å². The Kier molecular flexibility index (Phi) is 5.14. The largest absolute Gasteiger partial charge is 0.469 e. The van der Waals surface area contributed by atoms with Crippen molar-refractivity contribution in [2.75, 3.05) is 20.2 Å². The molecule has 4 nitrogen and oxygen atoms in total. The fourth-order valence-corrected chi connectivity index (χ4v) is 2.58. The SMILES string of the molecule is COC(=O)[C@H]1CCCN(C(=O)/C=C/c2ccccc2C)C1. The van der Waals surface area contributed by atoms with Crippen molar-refractivity contribution >= 4 is 18.0 Å². The first-order chi connectivity index (χ1) is 10.1. The van der Waals surface area contributed by atoms with E-state index in [9.17, 15) is 9.59 Å². The summed E-state index contributed by atoms with van der Waals surface area (Å²) in [6, 6.07) is 7.91. The van der Waals surface area contributed by atoms with E-state index in [1.165, 1.54) is 7.11 Å². The first-order valence-corrected chi connectivity index (χ1v) is 7.22. The van der Waals surface area contributed by atoms with Crippen LogP contribution in [0.4, 0.5) is 0 Å². The molecule has 0 unspecified atom stereocenters. The molecule has 112 valence electrons. The number of benzene rings is 1. The van der Waals surface area contributed by atoms with Gasteiger partial charge >= 0.3 is 5.97 Å². The third-order valence-electron chi connectivity index (χ3n) is 3.86. The predicted octanol–water partition coefficient (Wildman–Crippen LogP) is 2.42. The van der Waals surface area contributed by atoms with Crippen LogP contribution in [-0.2, 0) is 14.3 Å². The number of hydrogen-bond donors (Lipinski definition) is 0. The van der Waals surface area contributed by atoms with Crippen LogP contribution in [0.3, 0.4) is 0 Å². The molecule has 1 heterocycles. The van der Waals surface area contributed by atoms with E-state index in [0.717, 1.165) is 24.0 Å². The van der Waals surface area contributed by atoms with E-state index in [2.05, 4.69) is 0 Å². The second-order valence-corrected chi connectivity index (χ2v) is 5.34. The lowest BCUT2D eigenvalue weighted by atomic mass is 9.98. The van der Waals surface area contributed by atoms with Crippen molar-refractivity contribution in [1.29, 1.82) is 0 Å². The summed E-state index contributed by atoms with van der Waals surface area (Å²) in [4.78, 5) is 25.5. The van der Waals surface area contributed by atoms with Crippen LogP contribution in [0.2, 0.25) is 0 Å². The van der Waals surface area contributed by atoms with Crippen molar-refractivity contribution in [3.8, 4) is 0 Å². The molecular weight excluding hydrogens is 266 g/mol. The summed E-state index contributed by atoms with van der Waals surface area (Å²) in [5.41, 5.74) is 2.17. The van der Waals surface area contributed by atoms with Gasteiger partial charge in [0.1, 0.15) is 0 Å². The van der Waals surface area contributed by atoms with E-state index in [4.69, 9.17) is 4.74 Å². The number of carbonyl (C=O) groups is 2. The number of ether oxygens (including phenoxy) is 1. The topological polar surface area (TPSA) is 46.6 Å². The van der Waals surface area contributed by atoms with Crippen LogP contribution in [0.1, 0.15) is 24.0 Å². The number of amides is 1. The Labute approximate surface area is 125 Å². The molecule has 1 saturated heterocycles. The molecule has 1 amide bonds. The van der Waals surface area contributed by atoms with E-state index in [1.807, 2.05) is 37.3 Å². The first-order valence-electron chi connectivity index (χ1n) is 7.22. The smallest absolute Gasteiger partial charge is 0.310 e. The highest BCUT2D eigenvalue weighted by Crippen LogP contribution is 2.18. The van der Waals surface area contributed by atoms with Crippen LogP contribution in [0, 0.1) is 12.8 Å². The minimum absolute atomic E-state index is 0.0492. The number of likely N-dealkylation sites (tertiary alicyclic amines) is 1. The third-order valence-corrected chi connectivity index (χ3v) is 3.86. The van der Waals surface area contributed by atoms with Gasteiger partial charge in [-0.2, -0.15) is 0 Å². The maximum absolute atomic E-state index is 12.2. The molecule has 0 aromatic heterocycles. The summed E-state index contributed by atoms with van der Waals surface area (Å²) in [5.74, 6) is -0.471. The second kappa shape index (κ2) is 7.07. The quantitative estimate of drug-likeness (QED) is 0.633. The predicted molar refractivity (Wildman–Crippen MR) is 81.5 cm³/mol. The normalized spacial score (nSPS) is 18.8. The Hall–Kier alpha value is -2.10. The third kappa shape index (κ3) is 3.94. The van der Waals surface area contributed by atoms with Crippen molar-refractivity contribution in [1.82, 2.24) is 4.90 Å². The summed E-state index contributed by atoms with van der Waals surface area (Å²) in [6.07, 6.45) is 5.04. The first kappa shape index (κ1) is 15.3. The van der Waals surface area contributed by atoms with E-state index in [1.54, 1.807) is 11.0 Å². The van der Waals surface area contributed by atoms with E-state index in [0.29, 0.717) is 13.1 Å². The van der Waals surface area contributed by atoms with Gasteiger partial charge in [0.05, 0.1) is 13.0 Å². The van der Waals surface area contributed by atoms with Gasteiger partial charge in [-0.05, 0) is 37.0 Å². The Morgan fingerprint density at radius 2 is 2.10 bits per heavy atom. The molecule has 0 spiro atoms. The Morgan fingerprint density at radius 3 is 2.81 bits per heavy atom. The molecule has 0 aliphatic carbocycles. The summed E-state index contributed by atoms with van der Waals surface area (Å²) in [6.45, 7) is 3.16. The van der Waals surface area contributed by atoms with Crippen molar-refractivity contribution in [2.45, 2.75) is 19.8 Å². The highest BCUT2D eigenvalue weighted by Gasteiger charge is 2.28. The zero-order valence-electron chi connectivity index (χ0n) is 12.5. The van der Waals surface area contributed by atoms with Gasteiger partial charge in [0.15, 0.2) is 0 Å². The number of aryl methyl sites for hydroxylation is 1. The minimum atomic E-state index is -0.226. The molecule has 0 N–H and O–H groups in total. The van der Waals surface area contributed by atoms with Crippen LogP contribution in [0.5, 0.6) is 0 Å². The molecule has 1 aromatic rings. The molecule has 0 radical (unpaired) electrons. The number of esters is 1. The lowest BCUT2D eigenvalue weighted by Gasteiger charge is -2.30. The average molecular weight is 287 g/mol. The van der Waals surface area contributed by atoms with E-state index >= 15 is 0 Å². The maximum Gasteiger partial charge on any atom is 0.310 e. The zero-order chi connectivity index (χ0) is 15.2. The molecule has 1 atom stereocenters. The molecule has 21 heavy (non-hydrogen) atoms. The Balaban J connectivity index is 2.00. The number of rotatable bonds is 3. The van der Waals surface area contributed by atoms with Gasteiger partial charge in [-0.15, -0.1) is 0 Å². The Morgan fingerprint density at radius 1 is 1.33 bits per heavy atom. The lowest BCUT2D eigenvalue weighted by Crippen LogP contribution is -2.41. The molecule has 1 aliphatic heterocycles. The highest BCUT2D eigenvalue weighted by molar-refractivity contribution is 5.92. The standard InChI is InChI=1S/C17H21NO3/c1-13-6-3-4-7-14(13)9-10-16(19)18-11-5-8-15(12-18)17(20)21-2/h3-4,6-7,9-10,15H,5,8,11-12H2,1-2H3/b10-9+/t15-/m0/s1. The summed E-state index contributed by atoms with van der Waals surface area (Å²) < 4.78 is 4.77. The second-order valence-electron chi connectivity index (χ2n) is 5.34. The van der Waals surface area contributed by atoms with Gasteiger partial charge in [-0.25, -0.2) is 0 Å². The van der Waals surface area contributed by atoms with Crippen LogP contribution in [0.15, 0.2) is 30.3 Å². The van der Waals surface area contributed by atoms with Gasteiger partial charge in [-0.3, -0.25) is 9.59 Å². The minimum Gasteiger partial charge on any atom is -0.469 e. The molecule has 1 fully saturated rings. The fourth-order valence-electron chi connectivity index (χ4n) is 2.58. The number of hydrogen-bond acceptors (Lipinski definition) is 3. The summed E-state index contributed by atoms with van der Waals surface area (Å²) >= 11 is 0. The van der Waals surface area contributed by atoms with Crippen LogP contribution in [0.25, 0.3) is 6.08 Å². The average Bonchev–Trinajstić information content (AvgIpc) is 2.53. The molecule has 4 heteroatoms. The molecular formula is C17H21NO3. The number of piperidine rings is 1. The van der Waals surface area contributed by atoms with Crippen molar-refractivity contribution < 1.29 is 14.3 Å². The molecule has 1 aliphatic rings. The summed E-state index contributed by atoms with van der Waals surface area (Å²) in [7, 11) is 1.39. The Bertz CT molecular complexity index is 551. The van der Waals surface area contributed by atoms with Crippen LogP contribution in [-0.4, -0.2) is 37.0 Å². The molecule has 1 aromatic carbocycles. The fraction of sp³-hybridized carbons (Fsp3) is 0.412. The van der Waals surface area contributed by atoms with Crippen LogP contribution >= 0.6 is 0 Å². The number of nitrogens with zero attached hydrogens (tertiary/aromatic N) is 1. The molecule has 2 rings (SSSR count). The van der Waals surface area contributed by atoms with Crippen LogP contribution < -0.4 is 0 Å². The van der Waals surface area contributed by atoms with E-state index in [-0.39, 0.29) is 17.8 Å². The maximum atomic E-state index is 12.2.